The maximum atomic E-state index is 4.93. The van der Waals surface area contributed by atoms with Gasteiger partial charge in [-0.15, -0.1) is 22.7 Å². The van der Waals surface area contributed by atoms with Gasteiger partial charge in [0.25, 0.3) is 0 Å². The average Bonchev–Trinajstić information content (AvgIpc) is 3.95. The topological polar surface area (TPSA) is 0 Å². The van der Waals surface area contributed by atoms with Crippen molar-refractivity contribution in [3.63, 3.8) is 0 Å². The standard InChI is InChI=1S/C44H38S2Si.2ClH.Zr/c1-27-21-33-37(43(29(27)3)31-13-7-5-8-14-31)23-35(41-17-11-19-45-41)39(33)25-47-26-40-34-22-28(2)30(4)44(32-15-9-6-10-16-32)38(34)24-36(40)42-18-12-20-46-42;;;/h5-24,39-40H,25-26H2,1-4H3;2*1H;/q;;;+2/p-2. The van der Waals surface area contributed by atoms with Crippen LogP contribution in [-0.4, -0.2) is 9.52 Å². The summed E-state index contributed by atoms with van der Waals surface area (Å²) in [7, 11) is 10.7. The Morgan fingerprint density at radius 1 is 0.580 bits per heavy atom. The van der Waals surface area contributed by atoms with Gasteiger partial charge < -0.3 is 0 Å². The molecule has 2 unspecified atom stereocenters. The summed E-state index contributed by atoms with van der Waals surface area (Å²) in [5, 5.41) is 4.46. The predicted molar refractivity (Wildman–Crippen MR) is 220 cm³/mol. The summed E-state index contributed by atoms with van der Waals surface area (Å²) in [6.45, 7) is 9.20. The molecule has 8 rings (SSSR count). The molecule has 2 heterocycles. The van der Waals surface area contributed by atoms with Crippen LogP contribution in [0.2, 0.25) is 12.1 Å². The SMILES string of the molecule is Cc1cc2c(c(-c3ccccc3)c1C)C=C(c1cccs1)C2C[Si]CC1C(c2cccs2)=Cc2c1cc(C)c(C)c2-c1ccccc1.[Cl][Zr][Cl]. The van der Waals surface area contributed by atoms with Crippen molar-refractivity contribution < 1.29 is 20.8 Å². The molecular weight excluding hydrogens is 783 g/mol. The first-order valence-electron chi connectivity index (χ1n) is 17.0. The Morgan fingerprint density at radius 3 is 1.34 bits per heavy atom. The Morgan fingerprint density at radius 2 is 0.980 bits per heavy atom. The summed E-state index contributed by atoms with van der Waals surface area (Å²) in [5.41, 5.74) is 19.9. The van der Waals surface area contributed by atoms with E-state index in [0.29, 0.717) is 11.8 Å². The number of rotatable bonds is 8. The quantitative estimate of drug-likeness (QED) is 0.134. The van der Waals surface area contributed by atoms with Gasteiger partial charge >= 0.3 is 37.9 Å². The molecule has 2 radical (unpaired) electrons. The Labute approximate surface area is 326 Å². The first kappa shape index (κ1) is 35.8. The molecule has 0 amide bonds. The van der Waals surface area contributed by atoms with Crippen LogP contribution in [0.1, 0.15) is 66.1 Å². The molecule has 0 bridgehead atoms. The summed E-state index contributed by atoms with van der Waals surface area (Å²) in [5.74, 6) is 0.830. The number of thiophene rings is 2. The van der Waals surface area contributed by atoms with E-state index in [0.717, 1.165) is 9.52 Å². The van der Waals surface area contributed by atoms with Crippen molar-refractivity contribution >= 4 is 72.5 Å². The number of hydrogen-bond acceptors (Lipinski definition) is 2. The van der Waals surface area contributed by atoms with Crippen molar-refractivity contribution in [2.45, 2.75) is 51.6 Å². The minimum atomic E-state index is -0.826. The molecule has 2 atom stereocenters. The van der Waals surface area contributed by atoms with Gasteiger partial charge in [-0.25, -0.2) is 0 Å². The first-order chi connectivity index (χ1) is 24.4. The van der Waals surface area contributed by atoms with Gasteiger partial charge in [-0.3, -0.25) is 0 Å². The van der Waals surface area contributed by atoms with E-state index in [9.17, 15) is 0 Å². The fourth-order valence-electron chi connectivity index (χ4n) is 7.80. The van der Waals surface area contributed by atoms with E-state index in [1.165, 1.54) is 99.8 Å². The molecule has 2 aromatic heterocycles. The van der Waals surface area contributed by atoms with E-state index in [4.69, 9.17) is 17.0 Å². The monoisotopic (exact) mass is 818 g/mol. The van der Waals surface area contributed by atoms with E-state index < -0.39 is 20.8 Å². The van der Waals surface area contributed by atoms with Crippen LogP contribution in [-0.2, 0) is 20.8 Å². The zero-order chi connectivity index (χ0) is 34.8. The fourth-order valence-corrected chi connectivity index (χ4v) is 11.0. The van der Waals surface area contributed by atoms with Gasteiger partial charge in [0.1, 0.15) is 0 Å². The van der Waals surface area contributed by atoms with Crippen LogP contribution in [0.5, 0.6) is 0 Å². The number of benzene rings is 4. The van der Waals surface area contributed by atoms with Crippen molar-refractivity contribution in [1.82, 2.24) is 0 Å². The first-order valence-corrected chi connectivity index (χ1v) is 26.5. The van der Waals surface area contributed by atoms with Crippen molar-refractivity contribution in [3.05, 3.63) is 162 Å². The molecule has 0 nitrogen and oxygen atoms in total. The van der Waals surface area contributed by atoms with Gasteiger partial charge in [0.15, 0.2) is 0 Å². The number of hydrogen-bond donors (Lipinski definition) is 0. The second-order valence-corrected chi connectivity index (χ2v) is 20.1. The van der Waals surface area contributed by atoms with Crippen LogP contribution < -0.4 is 0 Å². The zero-order valence-electron chi connectivity index (χ0n) is 28.7. The number of fused-ring (bicyclic) bond motifs is 2. The fraction of sp³-hybridized carbons (Fsp3) is 0.182. The van der Waals surface area contributed by atoms with E-state index in [-0.39, 0.29) is 0 Å². The van der Waals surface area contributed by atoms with Crippen LogP contribution in [0.4, 0.5) is 0 Å². The number of aryl methyl sites for hydroxylation is 2. The molecule has 2 aliphatic rings. The molecule has 50 heavy (non-hydrogen) atoms. The van der Waals surface area contributed by atoms with Crippen LogP contribution in [0.15, 0.2) is 108 Å². The Kier molecular flexibility index (Phi) is 11.5. The van der Waals surface area contributed by atoms with Gasteiger partial charge in [0, 0.05) is 31.1 Å². The number of halogens is 2. The summed E-state index contributed by atoms with van der Waals surface area (Å²) in [6, 6.07) is 38.5. The molecule has 248 valence electrons. The van der Waals surface area contributed by atoms with Crippen LogP contribution in [0, 0.1) is 27.7 Å². The summed E-state index contributed by atoms with van der Waals surface area (Å²) >= 11 is 2.94. The maximum absolute atomic E-state index is 4.93. The van der Waals surface area contributed by atoms with Crippen molar-refractivity contribution in [1.29, 1.82) is 0 Å². The Balaban J connectivity index is 0.00000126. The van der Waals surface area contributed by atoms with E-state index in [1.807, 2.05) is 22.7 Å². The van der Waals surface area contributed by atoms with E-state index >= 15 is 0 Å². The van der Waals surface area contributed by atoms with Gasteiger partial charge in [-0.1, -0.05) is 97.0 Å². The average molecular weight is 821 g/mol. The van der Waals surface area contributed by atoms with Crippen molar-refractivity contribution in [2.75, 3.05) is 0 Å². The predicted octanol–water partition coefficient (Wildman–Crippen LogP) is 14.3. The molecule has 2 aliphatic carbocycles. The molecule has 0 fully saturated rings. The van der Waals surface area contributed by atoms with E-state index in [2.05, 4.69) is 148 Å². The second kappa shape index (κ2) is 16.0. The van der Waals surface area contributed by atoms with Crippen molar-refractivity contribution in [2.24, 2.45) is 0 Å². The second-order valence-electron chi connectivity index (χ2n) is 13.1. The van der Waals surface area contributed by atoms with E-state index in [1.54, 1.807) is 0 Å². The van der Waals surface area contributed by atoms with Gasteiger partial charge in [0.2, 0.25) is 0 Å². The minimum absolute atomic E-state index is 0.415. The molecule has 0 saturated heterocycles. The van der Waals surface area contributed by atoms with Crippen molar-refractivity contribution in [3.8, 4) is 22.3 Å². The molecule has 0 spiro atoms. The molecule has 0 saturated carbocycles. The Bertz CT molecular complexity index is 2010. The molecule has 0 aliphatic heterocycles. The number of allylic oxidation sites excluding steroid dienone is 2. The van der Waals surface area contributed by atoms with Gasteiger partial charge in [-0.05, 0) is 141 Å². The third-order valence-corrected chi connectivity index (χ3v) is 13.6. The molecule has 6 aromatic rings. The van der Waals surface area contributed by atoms with Gasteiger partial charge in [-0.2, -0.15) is 0 Å². The van der Waals surface area contributed by atoms with Crippen LogP contribution in [0.3, 0.4) is 0 Å². The third-order valence-electron chi connectivity index (χ3n) is 10.4. The molecular formula is C44H38Cl2S2SiZr. The summed E-state index contributed by atoms with van der Waals surface area (Å²) in [6.07, 6.45) is 5.07. The van der Waals surface area contributed by atoms with Crippen LogP contribution >= 0.6 is 39.7 Å². The van der Waals surface area contributed by atoms with Crippen LogP contribution in [0.25, 0.3) is 45.6 Å². The normalized spacial score (nSPS) is 15.9. The summed E-state index contributed by atoms with van der Waals surface area (Å²) < 4.78 is 0. The summed E-state index contributed by atoms with van der Waals surface area (Å²) in [4.78, 5) is 2.82. The van der Waals surface area contributed by atoms with Gasteiger partial charge in [0.05, 0.1) is 0 Å². The zero-order valence-corrected chi connectivity index (χ0v) is 35.3. The molecule has 6 heteroatoms. The molecule has 4 aromatic carbocycles. The third kappa shape index (κ3) is 6.97. The Hall–Kier alpha value is -2.56. The molecule has 0 N–H and O–H groups in total.